The molecule has 2 amide bonds. The SMILES string of the molecule is CNC(=O)C(Cc1ccccc1)N(Cc1ccccc1Cl)C(=O)CN(c1ccc(OC)cc1)S(C)(=O)=O. The maximum absolute atomic E-state index is 13.8. The van der Waals surface area contributed by atoms with Crippen LogP contribution in [0.15, 0.2) is 78.9 Å². The Bertz CT molecular complexity index is 1320. The fraction of sp³-hybridized carbons (Fsp3) is 0.259. The zero-order chi connectivity index (χ0) is 27.0. The van der Waals surface area contributed by atoms with Gasteiger partial charge >= 0.3 is 0 Å². The maximum atomic E-state index is 13.8. The van der Waals surface area contributed by atoms with Crippen molar-refractivity contribution in [2.24, 2.45) is 0 Å². The van der Waals surface area contributed by atoms with E-state index in [4.69, 9.17) is 16.3 Å². The molecule has 8 nitrogen and oxygen atoms in total. The van der Waals surface area contributed by atoms with E-state index in [-0.39, 0.29) is 18.9 Å². The van der Waals surface area contributed by atoms with Gasteiger partial charge < -0.3 is 15.0 Å². The number of benzene rings is 3. The minimum Gasteiger partial charge on any atom is -0.497 e. The number of nitrogens with zero attached hydrogens (tertiary/aromatic N) is 2. The van der Waals surface area contributed by atoms with Crippen LogP contribution < -0.4 is 14.4 Å². The number of nitrogens with one attached hydrogen (secondary N) is 1. The van der Waals surface area contributed by atoms with Gasteiger partial charge in [0.2, 0.25) is 21.8 Å². The molecule has 0 saturated heterocycles. The third-order valence-electron chi connectivity index (χ3n) is 5.86. The lowest BCUT2D eigenvalue weighted by Crippen LogP contribution is -2.52. The van der Waals surface area contributed by atoms with Gasteiger partial charge in [-0.3, -0.25) is 13.9 Å². The van der Waals surface area contributed by atoms with Gasteiger partial charge in [0.1, 0.15) is 18.3 Å². The molecule has 0 heterocycles. The summed E-state index contributed by atoms with van der Waals surface area (Å²) in [6.45, 7) is -0.485. The number of likely N-dealkylation sites (N-methyl/N-ethyl adjacent to an activating group) is 1. The van der Waals surface area contributed by atoms with Gasteiger partial charge in [-0.1, -0.05) is 60.1 Å². The quantitative estimate of drug-likeness (QED) is 0.399. The molecule has 0 bridgehead atoms. The second-order valence-corrected chi connectivity index (χ2v) is 10.7. The van der Waals surface area contributed by atoms with Crippen LogP contribution in [-0.4, -0.2) is 58.1 Å². The molecule has 0 aliphatic carbocycles. The smallest absolute Gasteiger partial charge is 0.244 e. The highest BCUT2D eigenvalue weighted by Gasteiger charge is 2.32. The highest BCUT2D eigenvalue weighted by Crippen LogP contribution is 2.24. The molecule has 1 atom stereocenters. The third-order valence-corrected chi connectivity index (χ3v) is 7.36. The zero-order valence-electron chi connectivity index (χ0n) is 20.9. The molecule has 0 fully saturated rings. The van der Waals surface area contributed by atoms with Crippen molar-refractivity contribution in [3.8, 4) is 5.75 Å². The average Bonchev–Trinajstić information content (AvgIpc) is 2.89. The first kappa shape index (κ1) is 28.0. The van der Waals surface area contributed by atoms with E-state index in [9.17, 15) is 18.0 Å². The summed E-state index contributed by atoms with van der Waals surface area (Å²) in [6.07, 6.45) is 1.27. The van der Waals surface area contributed by atoms with Crippen molar-refractivity contribution < 1.29 is 22.7 Å². The molecule has 0 aromatic heterocycles. The minimum absolute atomic E-state index is 0.0175. The van der Waals surface area contributed by atoms with Gasteiger partial charge in [-0.15, -0.1) is 0 Å². The van der Waals surface area contributed by atoms with Gasteiger partial charge in [0.15, 0.2) is 0 Å². The second kappa shape index (κ2) is 12.6. The molecule has 1 N–H and O–H groups in total. The summed E-state index contributed by atoms with van der Waals surface area (Å²) < 4.78 is 31.6. The van der Waals surface area contributed by atoms with E-state index < -0.39 is 28.5 Å². The third kappa shape index (κ3) is 7.47. The molecular formula is C27H30ClN3O5S. The van der Waals surface area contributed by atoms with Crippen LogP contribution in [0.1, 0.15) is 11.1 Å². The maximum Gasteiger partial charge on any atom is 0.244 e. The van der Waals surface area contributed by atoms with Gasteiger partial charge in [0, 0.05) is 25.0 Å². The Balaban J connectivity index is 2.02. The highest BCUT2D eigenvalue weighted by atomic mass is 35.5. The number of ether oxygens (including phenoxy) is 1. The van der Waals surface area contributed by atoms with Crippen molar-refractivity contribution in [3.63, 3.8) is 0 Å². The largest absolute Gasteiger partial charge is 0.497 e. The molecule has 10 heteroatoms. The van der Waals surface area contributed by atoms with Crippen molar-refractivity contribution in [1.82, 2.24) is 10.2 Å². The zero-order valence-corrected chi connectivity index (χ0v) is 22.5. The number of carbonyl (C=O) groups excluding carboxylic acids is 2. The number of carbonyl (C=O) groups is 2. The Morgan fingerprint density at radius 2 is 1.59 bits per heavy atom. The van der Waals surface area contributed by atoms with Crippen LogP contribution in [0.3, 0.4) is 0 Å². The van der Waals surface area contributed by atoms with Crippen molar-refractivity contribution >= 4 is 39.1 Å². The van der Waals surface area contributed by atoms with Crippen molar-refractivity contribution in [2.45, 2.75) is 19.0 Å². The first-order valence-electron chi connectivity index (χ1n) is 11.5. The molecule has 0 aliphatic rings. The standard InChI is InChI=1S/C27H30ClN3O5S/c1-29-27(33)25(17-20-9-5-4-6-10-20)30(18-21-11-7-8-12-24(21)28)26(32)19-31(37(3,34)35)22-13-15-23(36-2)16-14-22/h4-16,25H,17-19H2,1-3H3,(H,29,33). The summed E-state index contributed by atoms with van der Waals surface area (Å²) in [4.78, 5) is 28.3. The van der Waals surface area contributed by atoms with E-state index in [1.54, 1.807) is 48.5 Å². The van der Waals surface area contributed by atoms with Crippen molar-refractivity contribution in [3.05, 3.63) is 95.0 Å². The molecule has 196 valence electrons. The minimum atomic E-state index is -3.84. The van der Waals surface area contributed by atoms with Crippen LogP contribution in [-0.2, 0) is 32.6 Å². The molecule has 3 rings (SSSR count). The highest BCUT2D eigenvalue weighted by molar-refractivity contribution is 7.92. The molecule has 3 aromatic rings. The number of anilines is 1. The summed E-state index contributed by atoms with van der Waals surface area (Å²) in [5.74, 6) is -0.378. The van der Waals surface area contributed by atoms with E-state index in [1.807, 2.05) is 30.3 Å². The number of amides is 2. The van der Waals surface area contributed by atoms with E-state index in [2.05, 4.69) is 5.32 Å². The molecule has 0 radical (unpaired) electrons. The monoisotopic (exact) mass is 543 g/mol. The molecule has 1 unspecified atom stereocenters. The van der Waals surface area contributed by atoms with E-state index in [0.29, 0.717) is 22.0 Å². The van der Waals surface area contributed by atoms with Crippen LogP contribution in [0.4, 0.5) is 5.69 Å². The molecule has 0 spiro atoms. The first-order valence-corrected chi connectivity index (χ1v) is 13.8. The summed E-state index contributed by atoms with van der Waals surface area (Å²) in [5, 5.41) is 3.07. The van der Waals surface area contributed by atoms with Crippen molar-refractivity contribution in [2.75, 3.05) is 31.3 Å². The predicted molar refractivity (Wildman–Crippen MR) is 145 cm³/mol. The van der Waals surface area contributed by atoms with Crippen LogP contribution in [0.25, 0.3) is 0 Å². The second-order valence-electron chi connectivity index (χ2n) is 8.40. The van der Waals surface area contributed by atoms with Gasteiger partial charge in [-0.25, -0.2) is 8.42 Å². The Morgan fingerprint density at radius 1 is 0.973 bits per heavy atom. The van der Waals surface area contributed by atoms with Crippen molar-refractivity contribution in [1.29, 1.82) is 0 Å². The lowest BCUT2D eigenvalue weighted by molar-refractivity contribution is -0.139. The number of methoxy groups -OCH3 is 1. The van der Waals surface area contributed by atoms with Gasteiger partial charge in [0.05, 0.1) is 19.1 Å². The van der Waals surface area contributed by atoms with Crippen LogP contribution >= 0.6 is 11.6 Å². The molecule has 37 heavy (non-hydrogen) atoms. The Hall–Kier alpha value is -3.56. The van der Waals surface area contributed by atoms with E-state index >= 15 is 0 Å². The number of rotatable bonds is 11. The number of hydrogen-bond donors (Lipinski definition) is 1. The Kier molecular flexibility index (Phi) is 9.54. The summed E-state index contributed by atoms with van der Waals surface area (Å²) in [7, 11) is -0.835. The number of sulfonamides is 1. The Morgan fingerprint density at radius 3 is 2.16 bits per heavy atom. The first-order chi connectivity index (χ1) is 17.6. The van der Waals surface area contributed by atoms with Gasteiger partial charge in [-0.2, -0.15) is 0 Å². The number of halogens is 1. The average molecular weight is 544 g/mol. The van der Waals surface area contributed by atoms with Crippen LogP contribution in [0.5, 0.6) is 5.75 Å². The fourth-order valence-electron chi connectivity index (χ4n) is 3.89. The Labute approximate surface area is 222 Å². The summed E-state index contributed by atoms with van der Waals surface area (Å²) in [6, 6.07) is 21.8. The predicted octanol–water partition coefficient (Wildman–Crippen LogP) is 3.50. The van der Waals surface area contributed by atoms with Crippen LogP contribution in [0.2, 0.25) is 5.02 Å². The molecule has 0 aliphatic heterocycles. The topological polar surface area (TPSA) is 96.0 Å². The molecule has 0 saturated carbocycles. The fourth-order valence-corrected chi connectivity index (χ4v) is 4.94. The normalized spacial score (nSPS) is 11.9. The lowest BCUT2D eigenvalue weighted by Gasteiger charge is -2.33. The molecular weight excluding hydrogens is 514 g/mol. The summed E-state index contributed by atoms with van der Waals surface area (Å²) in [5.41, 5.74) is 1.78. The van der Waals surface area contributed by atoms with Gasteiger partial charge in [-0.05, 0) is 41.5 Å². The van der Waals surface area contributed by atoms with Crippen LogP contribution in [0, 0.1) is 0 Å². The van der Waals surface area contributed by atoms with E-state index in [0.717, 1.165) is 16.1 Å². The van der Waals surface area contributed by atoms with Gasteiger partial charge in [0.25, 0.3) is 0 Å². The number of hydrogen-bond acceptors (Lipinski definition) is 5. The summed E-state index contributed by atoms with van der Waals surface area (Å²) >= 11 is 6.40. The van der Waals surface area contributed by atoms with E-state index in [1.165, 1.54) is 19.1 Å². The lowest BCUT2D eigenvalue weighted by atomic mass is 10.0. The molecule has 3 aromatic carbocycles.